The lowest BCUT2D eigenvalue weighted by Crippen LogP contribution is -2.53. The molecule has 192 valence electrons. The molecule has 3 fully saturated rings. The zero-order chi connectivity index (χ0) is 25.3. The molecule has 0 aromatic carbocycles. The molecule has 3 amide bonds. The minimum atomic E-state index is -5.02. The van der Waals surface area contributed by atoms with Crippen LogP contribution >= 0.6 is 0 Å². The Balaban J connectivity index is 1.73. The summed E-state index contributed by atoms with van der Waals surface area (Å²) in [6, 6.07) is -2.33. The van der Waals surface area contributed by atoms with Crippen LogP contribution in [0.1, 0.15) is 52.4 Å². The van der Waals surface area contributed by atoms with Gasteiger partial charge in [-0.15, -0.1) is 13.2 Å². The normalized spacial score (nSPS) is 25.4. The molecule has 2 heterocycles. The number of nitrogens with one attached hydrogen (secondary N) is 2. The second-order valence-corrected chi connectivity index (χ2v) is 10.1. The lowest BCUT2D eigenvalue weighted by atomic mass is 9.95. The van der Waals surface area contributed by atoms with Gasteiger partial charge in [0.15, 0.2) is 5.78 Å². The van der Waals surface area contributed by atoms with Gasteiger partial charge in [0.05, 0.1) is 6.04 Å². The average Bonchev–Trinajstić information content (AvgIpc) is 3.19. The van der Waals surface area contributed by atoms with E-state index in [0.29, 0.717) is 25.9 Å². The summed E-state index contributed by atoms with van der Waals surface area (Å²) in [6.45, 7) is 3.09. The number of rotatable bonds is 10. The van der Waals surface area contributed by atoms with Crippen molar-refractivity contribution in [3.8, 4) is 0 Å². The van der Waals surface area contributed by atoms with E-state index in [4.69, 9.17) is 0 Å². The van der Waals surface area contributed by atoms with Gasteiger partial charge in [0.1, 0.15) is 18.8 Å². The summed E-state index contributed by atoms with van der Waals surface area (Å²) in [4.78, 5) is 51.9. The number of carbonyl (C=O) groups excluding carboxylic acids is 4. The monoisotopic (exact) mass is 491 g/mol. The number of likely N-dealkylation sites (tertiary alicyclic amines) is 1. The van der Waals surface area contributed by atoms with Crippen molar-refractivity contribution < 1.29 is 42.2 Å². The van der Waals surface area contributed by atoms with Crippen molar-refractivity contribution >= 4 is 23.5 Å². The molecule has 3 N–H and O–H groups in total. The van der Waals surface area contributed by atoms with E-state index in [9.17, 15) is 37.5 Å². The highest BCUT2D eigenvalue weighted by Crippen LogP contribution is 2.55. The molecule has 3 rings (SSSR count). The molecule has 0 aromatic heterocycles. The van der Waals surface area contributed by atoms with Gasteiger partial charge in [-0.1, -0.05) is 13.8 Å². The number of hydrogen-bond acceptors (Lipinski definition) is 6. The molecule has 3 aliphatic rings. The third kappa shape index (κ3) is 6.68. The number of hydrogen-bond donors (Lipinski definition) is 3. The Hall–Kier alpha value is -2.21. The van der Waals surface area contributed by atoms with Crippen LogP contribution in [0, 0.1) is 17.3 Å². The average molecular weight is 492 g/mol. The minimum Gasteiger partial charge on any atom is -0.383 e. The first kappa shape index (κ1) is 26.4. The van der Waals surface area contributed by atoms with E-state index in [2.05, 4.69) is 15.4 Å². The smallest absolute Gasteiger partial charge is 0.383 e. The van der Waals surface area contributed by atoms with E-state index in [1.165, 1.54) is 4.90 Å². The van der Waals surface area contributed by atoms with Gasteiger partial charge in [0, 0.05) is 19.0 Å². The van der Waals surface area contributed by atoms with Gasteiger partial charge in [-0.3, -0.25) is 23.9 Å². The summed E-state index contributed by atoms with van der Waals surface area (Å²) in [5.41, 5.74) is -0.209. The number of ether oxygens (including phenoxy) is 1. The summed E-state index contributed by atoms with van der Waals surface area (Å²) in [5, 5.41) is 15.4. The summed E-state index contributed by atoms with van der Waals surface area (Å²) in [6.07, 6.45) is -3.85. The first-order valence-electron chi connectivity index (χ1n) is 11.6. The van der Waals surface area contributed by atoms with Crippen LogP contribution in [0.2, 0.25) is 0 Å². The molecule has 1 spiro atoms. The summed E-state index contributed by atoms with van der Waals surface area (Å²) in [7, 11) is 0. The fourth-order valence-corrected chi connectivity index (χ4v) is 4.75. The maximum atomic E-state index is 13.2. The molecule has 1 saturated carbocycles. The number of ketones is 1. The van der Waals surface area contributed by atoms with Crippen LogP contribution in [0.4, 0.5) is 13.2 Å². The van der Waals surface area contributed by atoms with Gasteiger partial charge in [-0.05, 0) is 49.9 Å². The summed E-state index contributed by atoms with van der Waals surface area (Å²) < 4.78 is 41.0. The Morgan fingerprint density at radius 3 is 2.50 bits per heavy atom. The highest BCUT2D eigenvalue weighted by molar-refractivity contribution is 5.95. The van der Waals surface area contributed by atoms with E-state index in [1.54, 1.807) is 0 Å². The predicted octanol–water partition coefficient (Wildman–Crippen LogP) is 0.891. The molecule has 2 saturated heterocycles. The van der Waals surface area contributed by atoms with E-state index in [0.717, 1.165) is 12.8 Å². The van der Waals surface area contributed by atoms with Gasteiger partial charge in [0.25, 0.3) is 5.91 Å². The molecule has 0 aromatic rings. The van der Waals surface area contributed by atoms with Crippen molar-refractivity contribution in [3.63, 3.8) is 0 Å². The molecule has 9 nitrogen and oxygen atoms in total. The van der Waals surface area contributed by atoms with Gasteiger partial charge >= 0.3 is 6.36 Å². The molecule has 1 aliphatic carbocycles. The number of nitrogens with zero attached hydrogens (tertiary/aromatic N) is 1. The van der Waals surface area contributed by atoms with Crippen molar-refractivity contribution in [3.05, 3.63) is 0 Å². The molecule has 12 heteroatoms. The molecule has 0 bridgehead atoms. The zero-order valence-corrected chi connectivity index (χ0v) is 19.3. The van der Waals surface area contributed by atoms with E-state index >= 15 is 0 Å². The van der Waals surface area contributed by atoms with Crippen molar-refractivity contribution in [2.24, 2.45) is 17.3 Å². The SMILES string of the molecule is CC(C)C[C@@H](O)C(=O)N1CC2(CC2)C[C@H]1C(=O)N[C@@H](CC1CCNC1=O)C(=O)COC(F)(F)F. The molecule has 34 heavy (non-hydrogen) atoms. The van der Waals surface area contributed by atoms with Crippen molar-refractivity contribution in [1.82, 2.24) is 15.5 Å². The van der Waals surface area contributed by atoms with Crippen LogP contribution in [0.5, 0.6) is 0 Å². The summed E-state index contributed by atoms with van der Waals surface area (Å²) >= 11 is 0. The lowest BCUT2D eigenvalue weighted by molar-refractivity contribution is -0.321. The Labute approximate surface area is 195 Å². The van der Waals surface area contributed by atoms with Gasteiger partial charge < -0.3 is 20.6 Å². The molecule has 0 radical (unpaired) electrons. The van der Waals surface area contributed by atoms with Gasteiger partial charge in [0.2, 0.25) is 11.8 Å². The third-order valence-electron chi connectivity index (χ3n) is 6.80. The van der Waals surface area contributed by atoms with Crippen LogP contribution in [-0.2, 0) is 23.9 Å². The van der Waals surface area contributed by atoms with Crippen LogP contribution in [0.25, 0.3) is 0 Å². The van der Waals surface area contributed by atoms with Crippen LogP contribution < -0.4 is 10.6 Å². The number of alkyl halides is 3. The van der Waals surface area contributed by atoms with Gasteiger partial charge in [-0.2, -0.15) is 0 Å². The zero-order valence-electron chi connectivity index (χ0n) is 19.3. The largest absolute Gasteiger partial charge is 0.522 e. The fourth-order valence-electron chi connectivity index (χ4n) is 4.75. The number of aliphatic hydroxyl groups is 1. The Morgan fingerprint density at radius 2 is 1.97 bits per heavy atom. The van der Waals surface area contributed by atoms with Crippen LogP contribution in [0.15, 0.2) is 0 Å². The molecule has 4 atom stereocenters. The Bertz CT molecular complexity index is 814. The first-order chi connectivity index (χ1) is 15.8. The van der Waals surface area contributed by atoms with Crippen molar-refractivity contribution in [2.45, 2.75) is 76.9 Å². The highest BCUT2D eigenvalue weighted by Gasteiger charge is 2.56. The number of carbonyl (C=O) groups is 4. The van der Waals surface area contributed by atoms with Crippen LogP contribution in [-0.4, -0.2) is 77.8 Å². The lowest BCUT2D eigenvalue weighted by Gasteiger charge is -2.28. The van der Waals surface area contributed by atoms with Crippen molar-refractivity contribution in [2.75, 3.05) is 19.7 Å². The maximum absolute atomic E-state index is 13.2. The van der Waals surface area contributed by atoms with Crippen molar-refractivity contribution in [1.29, 1.82) is 0 Å². The van der Waals surface area contributed by atoms with E-state index in [1.807, 2.05) is 13.8 Å². The maximum Gasteiger partial charge on any atom is 0.522 e. The molecule has 1 unspecified atom stereocenters. The second-order valence-electron chi connectivity index (χ2n) is 10.1. The predicted molar refractivity (Wildman–Crippen MR) is 112 cm³/mol. The Morgan fingerprint density at radius 1 is 1.29 bits per heavy atom. The Kier molecular flexibility index (Phi) is 7.91. The molecule has 2 aliphatic heterocycles. The molecular formula is C22H32F3N3O6. The van der Waals surface area contributed by atoms with Gasteiger partial charge in [-0.25, -0.2) is 0 Å². The molecular weight excluding hydrogens is 459 g/mol. The third-order valence-corrected chi connectivity index (χ3v) is 6.80. The fraction of sp³-hybridized carbons (Fsp3) is 0.818. The second kappa shape index (κ2) is 10.2. The quantitative estimate of drug-likeness (QED) is 0.417. The number of Topliss-reactive ketones (excluding diaryl/α,β-unsaturated/α-hetero) is 1. The van der Waals surface area contributed by atoms with Crippen LogP contribution in [0.3, 0.4) is 0 Å². The number of aliphatic hydroxyl groups excluding tert-OH is 1. The highest BCUT2D eigenvalue weighted by atomic mass is 19.4. The summed E-state index contributed by atoms with van der Waals surface area (Å²) in [5.74, 6) is -3.19. The minimum absolute atomic E-state index is 0.0527. The number of amides is 3. The standard InChI is InChI=1S/C22H32F3N3O6/c1-12(2)7-16(29)20(33)28-11-21(4-5-21)9-15(28)19(32)27-14(8-13-3-6-26-18(13)31)17(30)10-34-22(23,24)25/h12-16,29H,3-11H2,1-2H3,(H,26,31)(H,27,32)/t13?,14-,15-,16+/m0/s1. The van der Waals surface area contributed by atoms with E-state index < -0.39 is 54.7 Å². The topological polar surface area (TPSA) is 125 Å². The van der Waals surface area contributed by atoms with E-state index in [-0.39, 0.29) is 30.1 Å². The number of halogens is 3. The first-order valence-corrected chi connectivity index (χ1v) is 11.6.